The van der Waals surface area contributed by atoms with Crippen molar-refractivity contribution in [1.29, 1.82) is 0 Å². The van der Waals surface area contributed by atoms with Crippen LogP contribution in [0.5, 0.6) is 0 Å². The minimum Gasteiger partial charge on any atom is -0.472 e. The Morgan fingerprint density at radius 1 is 1.82 bits per heavy atom. The lowest BCUT2D eigenvalue weighted by atomic mass is 10.3. The van der Waals surface area contributed by atoms with Crippen molar-refractivity contribution in [2.45, 2.75) is 6.54 Å². The second kappa shape index (κ2) is 3.61. The molecule has 1 N–H and O–H groups in total. The maximum atomic E-state index is 10.6. The van der Waals surface area contributed by atoms with Gasteiger partial charge in [0.15, 0.2) is 0 Å². The summed E-state index contributed by atoms with van der Waals surface area (Å²) in [7, 11) is 0. The van der Waals surface area contributed by atoms with Crippen LogP contribution in [0.15, 0.2) is 35.7 Å². The molecule has 0 aliphatic carbocycles. The summed E-state index contributed by atoms with van der Waals surface area (Å²) in [6, 6.07) is 1.80. The molecule has 0 atom stereocenters. The van der Waals surface area contributed by atoms with Gasteiger partial charge in [0.1, 0.15) is 0 Å². The van der Waals surface area contributed by atoms with Crippen LogP contribution in [0.3, 0.4) is 0 Å². The average Bonchev–Trinajstić information content (AvgIpc) is 2.52. The van der Waals surface area contributed by atoms with E-state index in [1.54, 1.807) is 18.6 Å². The smallest absolute Gasteiger partial charge is 0.243 e. The van der Waals surface area contributed by atoms with Crippen molar-refractivity contribution in [3.05, 3.63) is 36.8 Å². The molecule has 0 spiro atoms. The second-order valence-corrected chi connectivity index (χ2v) is 2.05. The number of nitrogens with one attached hydrogen (secondary N) is 1. The van der Waals surface area contributed by atoms with E-state index in [2.05, 4.69) is 11.9 Å². The Labute approximate surface area is 64.7 Å². The van der Waals surface area contributed by atoms with Crippen LogP contribution in [0.2, 0.25) is 0 Å². The van der Waals surface area contributed by atoms with Gasteiger partial charge in [-0.2, -0.15) is 0 Å². The van der Waals surface area contributed by atoms with Gasteiger partial charge in [0.25, 0.3) is 0 Å². The summed E-state index contributed by atoms with van der Waals surface area (Å²) in [4.78, 5) is 10.6. The summed E-state index contributed by atoms with van der Waals surface area (Å²) in [5, 5.41) is 2.62. The van der Waals surface area contributed by atoms with Crippen LogP contribution in [-0.2, 0) is 11.3 Å². The van der Waals surface area contributed by atoms with Crippen molar-refractivity contribution in [1.82, 2.24) is 5.32 Å². The lowest BCUT2D eigenvalue weighted by molar-refractivity contribution is -0.116. The quantitative estimate of drug-likeness (QED) is 0.657. The van der Waals surface area contributed by atoms with Gasteiger partial charge in [-0.1, -0.05) is 6.58 Å². The summed E-state index contributed by atoms with van der Waals surface area (Å²) >= 11 is 0. The molecule has 0 aliphatic rings. The molecular formula is C8H9NO2. The second-order valence-electron chi connectivity index (χ2n) is 2.05. The van der Waals surface area contributed by atoms with Gasteiger partial charge in [-0.05, 0) is 12.1 Å². The first-order chi connectivity index (χ1) is 5.33. The Hall–Kier alpha value is -1.51. The number of furan rings is 1. The van der Waals surface area contributed by atoms with E-state index >= 15 is 0 Å². The van der Waals surface area contributed by atoms with Gasteiger partial charge in [0, 0.05) is 12.1 Å². The van der Waals surface area contributed by atoms with Crippen molar-refractivity contribution in [2.75, 3.05) is 0 Å². The zero-order valence-electron chi connectivity index (χ0n) is 6.04. The Kier molecular flexibility index (Phi) is 2.49. The lowest BCUT2D eigenvalue weighted by Gasteiger charge is -1.96. The fourth-order valence-electron chi connectivity index (χ4n) is 0.655. The van der Waals surface area contributed by atoms with Gasteiger partial charge in [-0.3, -0.25) is 4.79 Å². The Bertz CT molecular complexity index is 239. The van der Waals surface area contributed by atoms with Gasteiger partial charge < -0.3 is 9.73 Å². The molecular weight excluding hydrogens is 142 g/mol. The topological polar surface area (TPSA) is 42.2 Å². The maximum absolute atomic E-state index is 10.6. The molecule has 0 aromatic carbocycles. The van der Waals surface area contributed by atoms with E-state index in [4.69, 9.17) is 4.42 Å². The molecule has 0 bridgehead atoms. The molecule has 1 rings (SSSR count). The van der Waals surface area contributed by atoms with Gasteiger partial charge in [0.05, 0.1) is 12.5 Å². The lowest BCUT2D eigenvalue weighted by Crippen LogP contribution is -2.19. The Balaban J connectivity index is 2.34. The predicted octanol–water partition coefficient (Wildman–Crippen LogP) is 1.08. The van der Waals surface area contributed by atoms with E-state index in [1.807, 2.05) is 0 Å². The van der Waals surface area contributed by atoms with E-state index < -0.39 is 0 Å². The monoisotopic (exact) mass is 151 g/mol. The van der Waals surface area contributed by atoms with E-state index in [1.165, 1.54) is 6.08 Å². The summed E-state index contributed by atoms with van der Waals surface area (Å²) in [6.07, 6.45) is 4.39. The van der Waals surface area contributed by atoms with Gasteiger partial charge in [-0.15, -0.1) is 0 Å². The van der Waals surface area contributed by atoms with Crippen LogP contribution in [0.4, 0.5) is 0 Å². The zero-order valence-corrected chi connectivity index (χ0v) is 6.04. The average molecular weight is 151 g/mol. The highest BCUT2D eigenvalue weighted by atomic mass is 16.3. The molecule has 0 aliphatic heterocycles. The van der Waals surface area contributed by atoms with Crippen LogP contribution in [-0.4, -0.2) is 5.91 Å². The molecule has 0 saturated carbocycles. The molecule has 11 heavy (non-hydrogen) atoms. The highest BCUT2D eigenvalue weighted by Crippen LogP contribution is 1.97. The summed E-state index contributed by atoms with van der Waals surface area (Å²) in [5.74, 6) is -0.175. The summed E-state index contributed by atoms with van der Waals surface area (Å²) < 4.78 is 4.80. The molecule has 1 amide bonds. The fraction of sp³-hybridized carbons (Fsp3) is 0.125. The van der Waals surface area contributed by atoms with Gasteiger partial charge in [-0.25, -0.2) is 0 Å². The van der Waals surface area contributed by atoms with Crippen LogP contribution >= 0.6 is 0 Å². The van der Waals surface area contributed by atoms with Crippen molar-refractivity contribution < 1.29 is 9.21 Å². The molecule has 1 aromatic rings. The van der Waals surface area contributed by atoms with Crippen LogP contribution < -0.4 is 5.32 Å². The predicted molar refractivity (Wildman–Crippen MR) is 40.8 cm³/mol. The van der Waals surface area contributed by atoms with E-state index in [0.29, 0.717) is 6.54 Å². The fourth-order valence-corrected chi connectivity index (χ4v) is 0.655. The molecule has 1 aromatic heterocycles. The van der Waals surface area contributed by atoms with Crippen LogP contribution in [0.1, 0.15) is 5.56 Å². The molecule has 3 nitrogen and oxygen atoms in total. The standard InChI is InChI=1S/C8H9NO2/c1-2-8(10)9-5-7-3-4-11-6-7/h2-4,6H,1,5H2,(H,9,10). The minimum atomic E-state index is -0.175. The molecule has 0 unspecified atom stereocenters. The third kappa shape index (κ3) is 2.29. The number of amides is 1. The minimum absolute atomic E-state index is 0.175. The first kappa shape index (κ1) is 7.60. The van der Waals surface area contributed by atoms with E-state index in [9.17, 15) is 4.79 Å². The number of carbonyl (C=O) groups is 1. The van der Waals surface area contributed by atoms with Crippen LogP contribution in [0, 0.1) is 0 Å². The first-order valence-electron chi connectivity index (χ1n) is 3.24. The van der Waals surface area contributed by atoms with Gasteiger partial charge in [0.2, 0.25) is 5.91 Å². The molecule has 58 valence electrons. The number of hydrogen-bond donors (Lipinski definition) is 1. The maximum Gasteiger partial charge on any atom is 0.243 e. The first-order valence-corrected chi connectivity index (χ1v) is 3.24. The largest absolute Gasteiger partial charge is 0.472 e. The highest BCUT2D eigenvalue weighted by Gasteiger charge is 1.95. The highest BCUT2D eigenvalue weighted by molar-refractivity contribution is 5.86. The SMILES string of the molecule is C=CC(=O)NCc1ccoc1. The van der Waals surface area contributed by atoms with Gasteiger partial charge >= 0.3 is 0 Å². The number of rotatable bonds is 3. The Morgan fingerprint density at radius 3 is 3.18 bits per heavy atom. The molecule has 1 heterocycles. The van der Waals surface area contributed by atoms with E-state index in [0.717, 1.165) is 5.56 Å². The molecule has 3 heteroatoms. The number of hydrogen-bond acceptors (Lipinski definition) is 2. The van der Waals surface area contributed by atoms with Crippen molar-refractivity contribution >= 4 is 5.91 Å². The van der Waals surface area contributed by atoms with Crippen LogP contribution in [0.25, 0.3) is 0 Å². The van der Waals surface area contributed by atoms with E-state index in [-0.39, 0.29) is 5.91 Å². The summed E-state index contributed by atoms with van der Waals surface area (Å²) in [5.41, 5.74) is 0.945. The third-order valence-corrected chi connectivity index (χ3v) is 1.23. The number of carbonyl (C=O) groups excluding carboxylic acids is 1. The molecule has 0 radical (unpaired) electrons. The van der Waals surface area contributed by atoms with Crippen molar-refractivity contribution in [3.63, 3.8) is 0 Å². The molecule has 0 saturated heterocycles. The third-order valence-electron chi connectivity index (χ3n) is 1.23. The normalized spacial score (nSPS) is 9.09. The molecule has 0 fully saturated rings. The zero-order chi connectivity index (χ0) is 8.10. The van der Waals surface area contributed by atoms with Crippen molar-refractivity contribution in [3.8, 4) is 0 Å². The Morgan fingerprint density at radius 2 is 2.64 bits per heavy atom. The van der Waals surface area contributed by atoms with Crippen molar-refractivity contribution in [2.24, 2.45) is 0 Å². The summed E-state index contributed by atoms with van der Waals surface area (Å²) in [6.45, 7) is 3.81.